The molecule has 0 aromatic heterocycles. The molecule has 4 nitrogen and oxygen atoms in total. The Kier molecular flexibility index (Phi) is 6.18. The Morgan fingerprint density at radius 1 is 1.33 bits per heavy atom. The highest BCUT2D eigenvalue weighted by atomic mass is 79.9. The maximum atomic E-state index is 11.1. The summed E-state index contributed by atoms with van der Waals surface area (Å²) >= 11 is 3.29. The van der Waals surface area contributed by atoms with Crippen molar-refractivity contribution in [3.63, 3.8) is 0 Å². The van der Waals surface area contributed by atoms with Crippen LogP contribution in [0.3, 0.4) is 0 Å². The van der Waals surface area contributed by atoms with Gasteiger partial charge in [0.25, 0.3) is 5.69 Å². The monoisotopic (exact) mass is 354 g/mol. The zero-order chi connectivity index (χ0) is 15.2. The molecule has 1 aromatic rings. The zero-order valence-electron chi connectivity index (χ0n) is 12.5. The lowest BCUT2D eigenvalue weighted by Crippen LogP contribution is -2.32. The van der Waals surface area contributed by atoms with E-state index in [1.165, 1.54) is 38.5 Å². The van der Waals surface area contributed by atoms with E-state index in [9.17, 15) is 10.1 Å². The van der Waals surface area contributed by atoms with E-state index in [1.807, 2.05) is 12.1 Å². The smallest absolute Gasteiger partial charge is 0.275 e. The van der Waals surface area contributed by atoms with Crippen LogP contribution in [0.15, 0.2) is 22.7 Å². The standard InChI is InChI=1S/C16H23BrN2O2/c1-2-3-12-4-8-15(9-5-12)18-11-13-6-7-14(17)10-16(13)19(20)21/h6-7,10,12,15,18H,2-5,8-9,11H2,1H3. The van der Waals surface area contributed by atoms with Crippen molar-refractivity contribution in [1.29, 1.82) is 0 Å². The van der Waals surface area contributed by atoms with Gasteiger partial charge in [-0.3, -0.25) is 10.1 Å². The van der Waals surface area contributed by atoms with Crippen LogP contribution in [0.1, 0.15) is 51.0 Å². The molecule has 21 heavy (non-hydrogen) atoms. The topological polar surface area (TPSA) is 55.2 Å². The van der Waals surface area contributed by atoms with E-state index in [2.05, 4.69) is 28.2 Å². The summed E-state index contributed by atoms with van der Waals surface area (Å²) in [5.41, 5.74) is 0.954. The Morgan fingerprint density at radius 3 is 2.67 bits per heavy atom. The minimum Gasteiger partial charge on any atom is -0.310 e. The van der Waals surface area contributed by atoms with Gasteiger partial charge in [0.05, 0.1) is 4.92 Å². The van der Waals surface area contributed by atoms with Gasteiger partial charge in [-0.15, -0.1) is 0 Å². The largest absolute Gasteiger partial charge is 0.310 e. The van der Waals surface area contributed by atoms with E-state index in [1.54, 1.807) is 6.07 Å². The second-order valence-electron chi connectivity index (χ2n) is 5.92. The molecule has 0 saturated heterocycles. The number of nitro benzene ring substituents is 1. The number of hydrogen-bond donors (Lipinski definition) is 1. The highest BCUT2D eigenvalue weighted by Crippen LogP contribution is 2.28. The molecule has 0 heterocycles. The van der Waals surface area contributed by atoms with Gasteiger partial charge in [0.15, 0.2) is 0 Å². The van der Waals surface area contributed by atoms with E-state index in [-0.39, 0.29) is 10.6 Å². The Hall–Kier alpha value is -0.940. The number of hydrogen-bond acceptors (Lipinski definition) is 3. The molecule has 1 N–H and O–H groups in total. The molecule has 1 aliphatic carbocycles. The van der Waals surface area contributed by atoms with E-state index in [0.29, 0.717) is 12.6 Å². The van der Waals surface area contributed by atoms with Crippen LogP contribution in [-0.4, -0.2) is 11.0 Å². The van der Waals surface area contributed by atoms with Gasteiger partial charge in [-0.1, -0.05) is 35.7 Å². The first-order valence-corrected chi connectivity index (χ1v) is 8.55. The molecule has 0 atom stereocenters. The van der Waals surface area contributed by atoms with Crippen LogP contribution in [0, 0.1) is 16.0 Å². The number of halogens is 1. The highest BCUT2D eigenvalue weighted by molar-refractivity contribution is 9.10. The third-order valence-electron chi connectivity index (χ3n) is 4.37. The van der Waals surface area contributed by atoms with Gasteiger partial charge >= 0.3 is 0 Å². The Balaban J connectivity index is 1.88. The fraction of sp³-hybridized carbons (Fsp3) is 0.625. The molecule has 0 amide bonds. The predicted molar refractivity (Wildman–Crippen MR) is 88.3 cm³/mol. The second-order valence-corrected chi connectivity index (χ2v) is 6.83. The molecule has 1 aliphatic rings. The van der Waals surface area contributed by atoms with Crippen molar-refractivity contribution in [3.8, 4) is 0 Å². The molecule has 1 fully saturated rings. The van der Waals surface area contributed by atoms with Gasteiger partial charge < -0.3 is 5.32 Å². The van der Waals surface area contributed by atoms with Crippen molar-refractivity contribution < 1.29 is 4.92 Å². The average molecular weight is 355 g/mol. The molecule has 1 saturated carbocycles. The first kappa shape index (κ1) is 16.4. The maximum Gasteiger partial charge on any atom is 0.275 e. The molecule has 0 aliphatic heterocycles. The minimum absolute atomic E-state index is 0.191. The van der Waals surface area contributed by atoms with Gasteiger partial charge in [0.1, 0.15) is 0 Å². The van der Waals surface area contributed by atoms with Gasteiger partial charge in [0.2, 0.25) is 0 Å². The van der Waals surface area contributed by atoms with Crippen molar-refractivity contribution in [1.82, 2.24) is 5.32 Å². The van der Waals surface area contributed by atoms with Crippen LogP contribution in [0.2, 0.25) is 0 Å². The molecule has 5 heteroatoms. The van der Waals surface area contributed by atoms with Crippen LogP contribution in [0.5, 0.6) is 0 Å². The highest BCUT2D eigenvalue weighted by Gasteiger charge is 2.21. The Bertz CT molecular complexity index is 485. The van der Waals surface area contributed by atoms with E-state index in [0.717, 1.165) is 16.0 Å². The van der Waals surface area contributed by atoms with Gasteiger partial charge in [-0.25, -0.2) is 0 Å². The fourth-order valence-electron chi connectivity index (χ4n) is 3.17. The van der Waals surface area contributed by atoms with Crippen molar-refractivity contribution in [2.75, 3.05) is 0 Å². The summed E-state index contributed by atoms with van der Waals surface area (Å²) in [7, 11) is 0. The van der Waals surface area contributed by atoms with Crippen LogP contribution in [0.4, 0.5) is 5.69 Å². The summed E-state index contributed by atoms with van der Waals surface area (Å²) in [5.74, 6) is 0.884. The summed E-state index contributed by atoms with van der Waals surface area (Å²) < 4.78 is 0.748. The summed E-state index contributed by atoms with van der Waals surface area (Å²) in [6.45, 7) is 2.82. The molecule has 0 unspecified atom stereocenters. The molecule has 0 spiro atoms. The molecule has 2 rings (SSSR count). The summed E-state index contributed by atoms with van der Waals surface area (Å²) in [5, 5.41) is 14.6. The first-order chi connectivity index (χ1) is 10.1. The SMILES string of the molecule is CCCC1CCC(NCc2ccc(Br)cc2[N+](=O)[O-])CC1. The normalized spacial score (nSPS) is 22.2. The van der Waals surface area contributed by atoms with E-state index < -0.39 is 0 Å². The lowest BCUT2D eigenvalue weighted by atomic mass is 9.83. The predicted octanol–water partition coefficient (Wildman–Crippen LogP) is 4.81. The average Bonchev–Trinajstić information content (AvgIpc) is 2.47. The second kappa shape index (κ2) is 7.90. The molecular weight excluding hydrogens is 332 g/mol. The van der Waals surface area contributed by atoms with Crippen molar-refractivity contribution >= 4 is 21.6 Å². The fourth-order valence-corrected chi connectivity index (χ4v) is 3.52. The van der Waals surface area contributed by atoms with Crippen LogP contribution in [0.25, 0.3) is 0 Å². The minimum atomic E-state index is -0.306. The van der Waals surface area contributed by atoms with Crippen molar-refractivity contribution in [2.45, 2.75) is 58.0 Å². The number of nitrogens with one attached hydrogen (secondary N) is 1. The van der Waals surface area contributed by atoms with Crippen molar-refractivity contribution in [2.24, 2.45) is 5.92 Å². The zero-order valence-corrected chi connectivity index (χ0v) is 14.1. The first-order valence-electron chi connectivity index (χ1n) is 7.76. The van der Waals surface area contributed by atoms with Crippen molar-refractivity contribution in [3.05, 3.63) is 38.3 Å². The number of rotatable bonds is 6. The Morgan fingerprint density at radius 2 is 2.05 bits per heavy atom. The molecule has 116 valence electrons. The molecule has 0 radical (unpaired) electrons. The van der Waals surface area contributed by atoms with Gasteiger partial charge in [-0.05, 0) is 43.7 Å². The summed E-state index contributed by atoms with van der Waals surface area (Å²) in [4.78, 5) is 10.8. The third-order valence-corrected chi connectivity index (χ3v) is 4.86. The Labute approximate surface area is 134 Å². The lowest BCUT2D eigenvalue weighted by molar-refractivity contribution is -0.385. The number of nitro groups is 1. The number of nitrogens with zero attached hydrogens (tertiary/aromatic N) is 1. The van der Waals surface area contributed by atoms with Crippen LogP contribution in [-0.2, 0) is 6.54 Å². The van der Waals surface area contributed by atoms with Gasteiger partial charge in [0, 0.05) is 28.7 Å². The quantitative estimate of drug-likeness (QED) is 0.589. The molecule has 0 bridgehead atoms. The van der Waals surface area contributed by atoms with Crippen LogP contribution >= 0.6 is 15.9 Å². The van der Waals surface area contributed by atoms with Crippen LogP contribution < -0.4 is 5.32 Å². The van der Waals surface area contributed by atoms with E-state index >= 15 is 0 Å². The third kappa shape index (κ3) is 4.78. The molecule has 1 aromatic carbocycles. The molecular formula is C16H23BrN2O2. The number of benzene rings is 1. The van der Waals surface area contributed by atoms with E-state index in [4.69, 9.17) is 0 Å². The summed E-state index contributed by atoms with van der Waals surface area (Å²) in [6, 6.07) is 5.77. The summed E-state index contributed by atoms with van der Waals surface area (Å²) in [6.07, 6.45) is 7.56. The van der Waals surface area contributed by atoms with Gasteiger partial charge in [-0.2, -0.15) is 0 Å². The lowest BCUT2D eigenvalue weighted by Gasteiger charge is -2.29. The maximum absolute atomic E-state index is 11.1.